The highest BCUT2D eigenvalue weighted by atomic mass is 16.2. The minimum atomic E-state index is -0.0890. The Kier molecular flexibility index (Phi) is 4.11. The molecule has 128 valence electrons. The maximum absolute atomic E-state index is 12.5. The SMILES string of the molecule is Cn1ccc2ccc(NC(=O)N3CCC(C(C)(C)C)C3)cc2c1=O. The molecule has 1 aromatic heterocycles. The van der Waals surface area contributed by atoms with Crippen molar-refractivity contribution < 1.29 is 4.79 Å². The van der Waals surface area contributed by atoms with E-state index in [0.717, 1.165) is 24.9 Å². The van der Waals surface area contributed by atoms with E-state index in [1.165, 1.54) is 0 Å². The zero-order chi connectivity index (χ0) is 17.5. The predicted molar refractivity (Wildman–Crippen MR) is 97.3 cm³/mol. The van der Waals surface area contributed by atoms with Crippen molar-refractivity contribution in [1.29, 1.82) is 0 Å². The molecular formula is C19H25N3O2. The van der Waals surface area contributed by atoms with E-state index < -0.39 is 0 Å². The van der Waals surface area contributed by atoms with Crippen molar-refractivity contribution in [2.24, 2.45) is 18.4 Å². The number of carbonyl (C=O) groups excluding carboxylic acids is 1. The van der Waals surface area contributed by atoms with Gasteiger partial charge >= 0.3 is 6.03 Å². The highest BCUT2D eigenvalue weighted by Gasteiger charge is 2.33. The van der Waals surface area contributed by atoms with E-state index in [-0.39, 0.29) is 17.0 Å². The minimum absolute atomic E-state index is 0.0578. The number of hydrogen-bond donors (Lipinski definition) is 1. The van der Waals surface area contributed by atoms with Gasteiger partial charge in [0.2, 0.25) is 0 Å². The standard InChI is InChI=1S/C19H25N3O2/c1-19(2,3)14-8-10-22(12-14)18(24)20-15-6-5-13-7-9-21(4)17(23)16(13)11-15/h5-7,9,11,14H,8,10,12H2,1-4H3,(H,20,24). The van der Waals surface area contributed by atoms with E-state index >= 15 is 0 Å². The topological polar surface area (TPSA) is 54.3 Å². The summed E-state index contributed by atoms with van der Waals surface area (Å²) in [6.07, 6.45) is 2.79. The Morgan fingerprint density at radius 3 is 2.67 bits per heavy atom. The lowest BCUT2D eigenvalue weighted by Gasteiger charge is -2.27. The van der Waals surface area contributed by atoms with Gasteiger partial charge in [-0.1, -0.05) is 26.8 Å². The van der Waals surface area contributed by atoms with Crippen LogP contribution in [0.15, 0.2) is 35.3 Å². The molecule has 0 spiro atoms. The zero-order valence-corrected chi connectivity index (χ0v) is 14.8. The number of nitrogens with zero attached hydrogens (tertiary/aromatic N) is 2. The van der Waals surface area contributed by atoms with Crippen LogP contribution in [0.2, 0.25) is 0 Å². The van der Waals surface area contributed by atoms with Crippen LogP contribution < -0.4 is 10.9 Å². The van der Waals surface area contributed by atoms with Gasteiger partial charge in [-0.3, -0.25) is 4.79 Å². The number of hydrogen-bond acceptors (Lipinski definition) is 2. The lowest BCUT2D eigenvalue weighted by molar-refractivity contribution is 0.208. The van der Waals surface area contributed by atoms with Crippen LogP contribution in [-0.2, 0) is 7.05 Å². The molecule has 5 heteroatoms. The number of fused-ring (bicyclic) bond motifs is 1. The van der Waals surface area contributed by atoms with Crippen LogP contribution in [0.1, 0.15) is 27.2 Å². The van der Waals surface area contributed by atoms with Crippen molar-refractivity contribution in [3.8, 4) is 0 Å². The Hall–Kier alpha value is -2.30. The van der Waals surface area contributed by atoms with Crippen LogP contribution in [0.5, 0.6) is 0 Å². The van der Waals surface area contributed by atoms with Crippen molar-refractivity contribution >= 4 is 22.5 Å². The maximum atomic E-state index is 12.5. The summed E-state index contributed by atoms with van der Waals surface area (Å²) in [7, 11) is 1.73. The second-order valence-corrected chi connectivity index (χ2v) is 7.76. The number of carbonyl (C=O) groups is 1. The molecule has 2 heterocycles. The molecule has 1 unspecified atom stereocenters. The first kappa shape index (κ1) is 16.6. The fourth-order valence-electron chi connectivity index (χ4n) is 3.27. The third kappa shape index (κ3) is 3.16. The number of nitrogens with one attached hydrogen (secondary N) is 1. The van der Waals surface area contributed by atoms with E-state index in [9.17, 15) is 9.59 Å². The Balaban J connectivity index is 1.77. The highest BCUT2D eigenvalue weighted by molar-refractivity contribution is 5.93. The minimum Gasteiger partial charge on any atom is -0.324 e. The van der Waals surface area contributed by atoms with Gasteiger partial charge < -0.3 is 14.8 Å². The number of amides is 2. The Bertz CT molecular complexity index is 833. The molecule has 1 atom stereocenters. The molecule has 2 aromatic rings. The average Bonchev–Trinajstić information content (AvgIpc) is 3.02. The first-order valence-corrected chi connectivity index (χ1v) is 8.41. The van der Waals surface area contributed by atoms with Gasteiger partial charge in [-0.15, -0.1) is 0 Å². The number of pyridine rings is 1. The lowest BCUT2D eigenvalue weighted by atomic mass is 9.80. The van der Waals surface area contributed by atoms with Crippen LogP contribution in [-0.4, -0.2) is 28.6 Å². The molecule has 1 N–H and O–H groups in total. The summed E-state index contributed by atoms with van der Waals surface area (Å²) >= 11 is 0. The van der Waals surface area contributed by atoms with Gasteiger partial charge in [0.15, 0.2) is 0 Å². The average molecular weight is 327 g/mol. The quantitative estimate of drug-likeness (QED) is 0.872. The van der Waals surface area contributed by atoms with Gasteiger partial charge in [-0.2, -0.15) is 0 Å². The normalized spacial score (nSPS) is 18.2. The summed E-state index contributed by atoms with van der Waals surface area (Å²) in [4.78, 5) is 26.6. The van der Waals surface area contributed by atoms with Crippen LogP contribution in [0.4, 0.5) is 10.5 Å². The predicted octanol–water partition coefficient (Wildman–Crippen LogP) is 3.44. The fourth-order valence-corrected chi connectivity index (χ4v) is 3.27. The summed E-state index contributed by atoms with van der Waals surface area (Å²) in [5, 5.41) is 4.43. The summed E-state index contributed by atoms with van der Waals surface area (Å²) in [5.41, 5.74) is 0.817. The number of aromatic nitrogens is 1. The zero-order valence-electron chi connectivity index (χ0n) is 14.8. The molecular weight excluding hydrogens is 302 g/mol. The third-order valence-corrected chi connectivity index (χ3v) is 5.03. The molecule has 0 aliphatic carbocycles. The molecule has 0 radical (unpaired) electrons. The summed E-state index contributed by atoms with van der Waals surface area (Å²) < 4.78 is 1.54. The molecule has 0 bridgehead atoms. The molecule has 3 rings (SSSR count). The number of aryl methyl sites for hydroxylation is 1. The molecule has 24 heavy (non-hydrogen) atoms. The Labute approximate surface area is 142 Å². The second kappa shape index (κ2) is 5.96. The first-order valence-electron chi connectivity index (χ1n) is 8.41. The monoisotopic (exact) mass is 327 g/mol. The van der Waals surface area contributed by atoms with Gasteiger partial charge in [0.25, 0.3) is 5.56 Å². The highest BCUT2D eigenvalue weighted by Crippen LogP contribution is 2.33. The van der Waals surface area contributed by atoms with Crippen molar-refractivity contribution in [3.05, 3.63) is 40.8 Å². The first-order chi connectivity index (χ1) is 11.3. The second-order valence-electron chi connectivity index (χ2n) is 7.76. The van der Waals surface area contributed by atoms with E-state index in [1.54, 1.807) is 23.9 Å². The fraction of sp³-hybridized carbons (Fsp3) is 0.474. The molecule has 0 saturated carbocycles. The lowest BCUT2D eigenvalue weighted by Crippen LogP contribution is -2.34. The maximum Gasteiger partial charge on any atom is 0.321 e. The van der Waals surface area contributed by atoms with Crippen molar-refractivity contribution in [3.63, 3.8) is 0 Å². The van der Waals surface area contributed by atoms with Crippen molar-refractivity contribution in [2.45, 2.75) is 27.2 Å². The summed E-state index contributed by atoms with van der Waals surface area (Å²) in [6.45, 7) is 8.22. The third-order valence-electron chi connectivity index (χ3n) is 5.03. The van der Waals surface area contributed by atoms with E-state index in [1.807, 2.05) is 23.1 Å². The van der Waals surface area contributed by atoms with Gasteiger partial charge in [-0.25, -0.2) is 4.79 Å². The van der Waals surface area contributed by atoms with Crippen LogP contribution in [0, 0.1) is 11.3 Å². The molecule has 5 nitrogen and oxygen atoms in total. The molecule has 1 aliphatic rings. The number of benzene rings is 1. The van der Waals surface area contributed by atoms with E-state index in [2.05, 4.69) is 26.1 Å². The Morgan fingerprint density at radius 1 is 1.25 bits per heavy atom. The smallest absolute Gasteiger partial charge is 0.321 e. The molecule has 2 amide bonds. The van der Waals surface area contributed by atoms with Crippen molar-refractivity contribution in [1.82, 2.24) is 9.47 Å². The van der Waals surface area contributed by atoms with E-state index in [0.29, 0.717) is 17.0 Å². The van der Waals surface area contributed by atoms with E-state index in [4.69, 9.17) is 0 Å². The largest absolute Gasteiger partial charge is 0.324 e. The van der Waals surface area contributed by atoms with Gasteiger partial charge in [0.1, 0.15) is 0 Å². The van der Waals surface area contributed by atoms with Gasteiger partial charge in [0.05, 0.1) is 0 Å². The van der Waals surface area contributed by atoms with Gasteiger partial charge in [0, 0.05) is 37.4 Å². The van der Waals surface area contributed by atoms with Crippen LogP contribution in [0.3, 0.4) is 0 Å². The Morgan fingerprint density at radius 2 is 2.00 bits per heavy atom. The molecule has 1 aliphatic heterocycles. The summed E-state index contributed by atoms with van der Waals surface area (Å²) in [6, 6.07) is 7.28. The molecule has 1 saturated heterocycles. The van der Waals surface area contributed by atoms with Crippen molar-refractivity contribution in [2.75, 3.05) is 18.4 Å². The number of urea groups is 1. The molecule has 1 fully saturated rings. The van der Waals surface area contributed by atoms with Crippen LogP contribution >= 0.6 is 0 Å². The van der Waals surface area contributed by atoms with Crippen LogP contribution in [0.25, 0.3) is 10.8 Å². The summed E-state index contributed by atoms with van der Waals surface area (Å²) in [5.74, 6) is 0.521. The number of anilines is 1. The number of rotatable bonds is 1. The van der Waals surface area contributed by atoms with Gasteiger partial charge in [-0.05, 0) is 41.3 Å². The number of likely N-dealkylation sites (tertiary alicyclic amines) is 1. The molecule has 1 aromatic carbocycles.